The molecule has 2 atom stereocenters. The van der Waals surface area contributed by atoms with Crippen molar-refractivity contribution in [1.29, 1.82) is 0 Å². The summed E-state index contributed by atoms with van der Waals surface area (Å²) in [5.41, 5.74) is 1.16. The fourth-order valence-corrected chi connectivity index (χ4v) is 3.06. The molecule has 2 rings (SSSR count). The van der Waals surface area contributed by atoms with Gasteiger partial charge in [0.25, 0.3) is 5.56 Å². The second-order valence-corrected chi connectivity index (χ2v) is 6.05. The molecule has 1 heterocycles. The van der Waals surface area contributed by atoms with Crippen molar-refractivity contribution in [3.8, 4) is 0 Å². The van der Waals surface area contributed by atoms with E-state index in [4.69, 9.17) is 0 Å². The van der Waals surface area contributed by atoms with Crippen LogP contribution in [0.1, 0.15) is 46.5 Å². The van der Waals surface area contributed by atoms with Gasteiger partial charge in [0.2, 0.25) is 0 Å². The Morgan fingerprint density at radius 1 is 1.37 bits per heavy atom. The molecule has 3 nitrogen and oxygen atoms in total. The lowest BCUT2D eigenvalue weighted by molar-refractivity contribution is 0.264. The molecule has 1 N–H and O–H groups in total. The summed E-state index contributed by atoms with van der Waals surface area (Å²) in [6.07, 6.45) is 7.12. The maximum Gasteiger partial charge on any atom is 0.250 e. The Hall–Kier alpha value is -1.25. The van der Waals surface area contributed by atoms with Crippen molar-refractivity contribution in [2.45, 2.75) is 59.0 Å². The Kier molecular flexibility index (Phi) is 4.67. The highest BCUT2D eigenvalue weighted by atomic mass is 16.1. The summed E-state index contributed by atoms with van der Waals surface area (Å²) in [7, 11) is 0. The van der Waals surface area contributed by atoms with Gasteiger partial charge in [-0.15, -0.1) is 0 Å². The van der Waals surface area contributed by atoms with Gasteiger partial charge >= 0.3 is 0 Å². The number of pyridine rings is 1. The molecule has 1 aliphatic rings. The molecule has 0 saturated heterocycles. The van der Waals surface area contributed by atoms with Crippen LogP contribution in [0.3, 0.4) is 0 Å². The van der Waals surface area contributed by atoms with Crippen LogP contribution in [0, 0.1) is 11.8 Å². The largest absolute Gasteiger partial charge is 0.381 e. The number of hydrogen-bond acceptors (Lipinski definition) is 2. The average Bonchev–Trinajstić information content (AvgIpc) is 2.41. The minimum Gasteiger partial charge on any atom is -0.381 e. The van der Waals surface area contributed by atoms with Crippen molar-refractivity contribution in [2.75, 3.05) is 5.32 Å². The van der Waals surface area contributed by atoms with E-state index < -0.39 is 0 Å². The van der Waals surface area contributed by atoms with Crippen LogP contribution in [0.5, 0.6) is 0 Å². The maximum atomic E-state index is 11.6. The monoisotopic (exact) mass is 262 g/mol. The van der Waals surface area contributed by atoms with Gasteiger partial charge in [-0.2, -0.15) is 0 Å². The van der Waals surface area contributed by atoms with Gasteiger partial charge in [0.1, 0.15) is 0 Å². The van der Waals surface area contributed by atoms with Crippen molar-refractivity contribution in [2.24, 2.45) is 11.8 Å². The predicted molar refractivity (Wildman–Crippen MR) is 80.6 cm³/mol. The number of anilines is 1. The van der Waals surface area contributed by atoms with Gasteiger partial charge in [0, 0.05) is 24.8 Å². The number of aryl methyl sites for hydroxylation is 1. The van der Waals surface area contributed by atoms with Crippen LogP contribution < -0.4 is 10.9 Å². The van der Waals surface area contributed by atoms with Crippen molar-refractivity contribution in [1.82, 2.24) is 4.57 Å². The number of hydrogen-bond donors (Lipinski definition) is 1. The quantitative estimate of drug-likeness (QED) is 0.901. The summed E-state index contributed by atoms with van der Waals surface area (Å²) in [5, 5.41) is 3.61. The Morgan fingerprint density at radius 2 is 2.16 bits per heavy atom. The first-order chi connectivity index (χ1) is 9.10. The van der Waals surface area contributed by atoms with Crippen LogP contribution in [0.4, 0.5) is 5.69 Å². The minimum atomic E-state index is 0.0803. The molecule has 1 aromatic heterocycles. The summed E-state index contributed by atoms with van der Waals surface area (Å²) >= 11 is 0. The Balaban J connectivity index is 2.02. The molecule has 3 heteroatoms. The zero-order valence-corrected chi connectivity index (χ0v) is 12.4. The molecule has 19 heavy (non-hydrogen) atoms. The van der Waals surface area contributed by atoms with Crippen LogP contribution >= 0.6 is 0 Å². The van der Waals surface area contributed by atoms with Crippen molar-refractivity contribution in [3.05, 3.63) is 28.7 Å². The smallest absolute Gasteiger partial charge is 0.250 e. The first-order valence-corrected chi connectivity index (χ1v) is 7.57. The zero-order chi connectivity index (χ0) is 13.8. The zero-order valence-electron chi connectivity index (χ0n) is 12.4. The second kappa shape index (κ2) is 6.27. The van der Waals surface area contributed by atoms with Gasteiger partial charge in [0.05, 0.1) is 5.69 Å². The highest BCUT2D eigenvalue weighted by Gasteiger charge is 2.23. The Morgan fingerprint density at radius 3 is 2.84 bits per heavy atom. The molecule has 0 spiro atoms. The first kappa shape index (κ1) is 14.2. The van der Waals surface area contributed by atoms with Crippen LogP contribution in [-0.2, 0) is 6.54 Å². The number of nitrogens with zero attached hydrogens (tertiary/aromatic N) is 1. The third kappa shape index (κ3) is 3.62. The number of nitrogens with one attached hydrogen (secondary N) is 1. The van der Waals surface area contributed by atoms with Gasteiger partial charge in [-0.3, -0.25) is 4.79 Å². The Labute approximate surface area is 116 Å². The molecule has 0 amide bonds. The lowest BCUT2D eigenvalue weighted by Gasteiger charge is -2.32. The van der Waals surface area contributed by atoms with E-state index >= 15 is 0 Å². The molecule has 1 aromatic rings. The van der Waals surface area contributed by atoms with E-state index in [2.05, 4.69) is 19.2 Å². The highest BCUT2D eigenvalue weighted by Crippen LogP contribution is 2.31. The normalized spacial score (nSPS) is 23.6. The van der Waals surface area contributed by atoms with E-state index in [-0.39, 0.29) is 5.56 Å². The fraction of sp³-hybridized carbons (Fsp3) is 0.688. The number of rotatable bonds is 4. The van der Waals surface area contributed by atoms with E-state index in [1.807, 2.05) is 19.2 Å². The molecule has 1 aliphatic carbocycles. The highest BCUT2D eigenvalue weighted by molar-refractivity contribution is 5.41. The summed E-state index contributed by atoms with van der Waals surface area (Å²) < 4.78 is 1.76. The van der Waals surface area contributed by atoms with E-state index in [0.717, 1.165) is 24.1 Å². The Bertz CT molecular complexity index is 464. The third-order valence-electron chi connectivity index (χ3n) is 4.35. The molecule has 106 valence electrons. The van der Waals surface area contributed by atoms with Crippen LogP contribution in [0.15, 0.2) is 23.1 Å². The van der Waals surface area contributed by atoms with E-state index in [1.54, 1.807) is 10.6 Å². The lowest BCUT2D eigenvalue weighted by atomic mass is 9.79. The van der Waals surface area contributed by atoms with Gasteiger partial charge in [0.15, 0.2) is 0 Å². The van der Waals surface area contributed by atoms with Crippen LogP contribution in [0.25, 0.3) is 0 Å². The number of aromatic nitrogens is 1. The predicted octanol–water partition coefficient (Wildman–Crippen LogP) is 3.49. The van der Waals surface area contributed by atoms with Crippen molar-refractivity contribution >= 4 is 5.69 Å². The van der Waals surface area contributed by atoms with E-state index in [0.29, 0.717) is 6.04 Å². The lowest BCUT2D eigenvalue weighted by Crippen LogP contribution is -2.30. The fourth-order valence-electron chi connectivity index (χ4n) is 3.06. The van der Waals surface area contributed by atoms with Gasteiger partial charge in [-0.25, -0.2) is 0 Å². The SMILES string of the molecule is CCn1cc(NC2CCCC(C(C)C)C2)ccc1=O. The van der Waals surface area contributed by atoms with Crippen molar-refractivity contribution in [3.63, 3.8) is 0 Å². The van der Waals surface area contributed by atoms with Gasteiger partial charge in [-0.05, 0) is 37.7 Å². The molecule has 1 saturated carbocycles. The van der Waals surface area contributed by atoms with Crippen molar-refractivity contribution < 1.29 is 0 Å². The maximum absolute atomic E-state index is 11.6. The average molecular weight is 262 g/mol. The standard InChI is InChI=1S/C16H26N2O/c1-4-18-11-15(8-9-16(18)19)17-14-7-5-6-13(10-14)12(2)3/h8-9,11-14,17H,4-7,10H2,1-3H3. The van der Waals surface area contributed by atoms with Crippen LogP contribution in [0.2, 0.25) is 0 Å². The second-order valence-electron chi connectivity index (χ2n) is 6.05. The molecule has 0 radical (unpaired) electrons. The molecular weight excluding hydrogens is 236 g/mol. The van der Waals surface area contributed by atoms with E-state index in [1.165, 1.54) is 25.7 Å². The molecule has 0 bridgehead atoms. The first-order valence-electron chi connectivity index (χ1n) is 7.57. The minimum absolute atomic E-state index is 0.0803. The van der Waals surface area contributed by atoms with Gasteiger partial charge in [-0.1, -0.05) is 26.7 Å². The summed E-state index contributed by atoms with van der Waals surface area (Å²) in [6.45, 7) is 7.38. The third-order valence-corrected chi connectivity index (χ3v) is 4.35. The summed E-state index contributed by atoms with van der Waals surface area (Å²) in [6, 6.07) is 4.13. The van der Waals surface area contributed by atoms with E-state index in [9.17, 15) is 4.79 Å². The topological polar surface area (TPSA) is 34.0 Å². The molecule has 0 aromatic carbocycles. The molecular formula is C16H26N2O. The molecule has 2 unspecified atom stereocenters. The molecule has 1 fully saturated rings. The summed E-state index contributed by atoms with van der Waals surface area (Å²) in [5.74, 6) is 1.61. The van der Waals surface area contributed by atoms with Gasteiger partial charge < -0.3 is 9.88 Å². The molecule has 0 aliphatic heterocycles. The summed E-state index contributed by atoms with van der Waals surface area (Å²) in [4.78, 5) is 11.6. The van der Waals surface area contributed by atoms with Crippen LogP contribution in [-0.4, -0.2) is 10.6 Å².